The van der Waals surface area contributed by atoms with Gasteiger partial charge in [-0.15, -0.1) is 23.2 Å². The molecule has 1 atom stereocenters. The lowest BCUT2D eigenvalue weighted by atomic mass is 10.1. The number of hydrogen-bond donors (Lipinski definition) is 0. The zero-order chi connectivity index (χ0) is 16.7. The van der Waals surface area contributed by atoms with E-state index >= 15 is 0 Å². The number of aromatic nitrogens is 1. The Kier molecular flexibility index (Phi) is 3.74. The third-order valence-corrected chi connectivity index (χ3v) is 5.01. The lowest BCUT2D eigenvalue weighted by Gasteiger charge is -2.09. The number of rotatable bonds is 4. The minimum atomic E-state index is -0.764. The van der Waals surface area contributed by atoms with E-state index in [0.29, 0.717) is 29.0 Å². The number of nitrogens with zero attached hydrogens (tertiary/aromatic N) is 1. The van der Waals surface area contributed by atoms with Crippen LogP contribution in [-0.4, -0.2) is 21.9 Å². The van der Waals surface area contributed by atoms with Crippen molar-refractivity contribution in [2.45, 2.75) is 10.8 Å². The molecule has 122 valence electrons. The maximum Gasteiger partial charge on any atom is 0.338 e. The minimum Gasteiger partial charge on any atom is -0.463 e. The highest BCUT2D eigenvalue weighted by atomic mass is 35.5. The number of furan rings is 1. The molecule has 0 spiro atoms. The fourth-order valence-corrected chi connectivity index (χ4v) is 3.10. The lowest BCUT2D eigenvalue weighted by Crippen LogP contribution is -2.11. The summed E-state index contributed by atoms with van der Waals surface area (Å²) >= 11 is 12.0. The predicted molar refractivity (Wildman–Crippen MR) is 92.3 cm³/mol. The SMILES string of the molecule is O=C(OC[C@H]1CC1(Cl)Cl)c1cc(-c2ccco2)nc2ccccc12. The van der Waals surface area contributed by atoms with Gasteiger partial charge in [-0.1, -0.05) is 18.2 Å². The second-order valence-electron chi connectivity index (χ2n) is 5.81. The van der Waals surface area contributed by atoms with Crippen molar-refractivity contribution in [2.75, 3.05) is 6.61 Å². The fourth-order valence-electron chi connectivity index (χ4n) is 2.60. The van der Waals surface area contributed by atoms with E-state index in [-0.39, 0.29) is 12.5 Å². The third-order valence-electron chi connectivity index (χ3n) is 4.08. The van der Waals surface area contributed by atoms with Crippen LogP contribution in [0.3, 0.4) is 0 Å². The fraction of sp³-hybridized carbons (Fsp3) is 0.222. The molecule has 0 bridgehead atoms. The Bertz CT molecular complexity index is 906. The molecular weight excluding hydrogens is 349 g/mol. The van der Waals surface area contributed by atoms with Gasteiger partial charge in [0.2, 0.25) is 0 Å². The Hall–Kier alpha value is -2.04. The van der Waals surface area contributed by atoms with E-state index < -0.39 is 10.3 Å². The molecule has 3 aromatic rings. The molecule has 1 aliphatic carbocycles. The molecule has 2 aromatic heterocycles. The molecule has 1 aromatic carbocycles. The molecule has 4 rings (SSSR count). The van der Waals surface area contributed by atoms with Gasteiger partial charge in [0, 0.05) is 11.3 Å². The first-order chi connectivity index (χ1) is 11.5. The van der Waals surface area contributed by atoms with Gasteiger partial charge in [0.1, 0.15) is 10.0 Å². The van der Waals surface area contributed by atoms with Crippen LogP contribution in [0.1, 0.15) is 16.8 Å². The van der Waals surface area contributed by atoms with Crippen LogP contribution in [0.2, 0.25) is 0 Å². The molecule has 0 aliphatic heterocycles. The minimum absolute atomic E-state index is 0.0116. The van der Waals surface area contributed by atoms with Crippen LogP contribution >= 0.6 is 23.2 Å². The number of pyridine rings is 1. The average Bonchev–Trinajstić information content (AvgIpc) is 2.99. The molecule has 0 saturated heterocycles. The van der Waals surface area contributed by atoms with Gasteiger partial charge in [-0.3, -0.25) is 0 Å². The molecule has 0 N–H and O–H groups in total. The normalized spacial score (nSPS) is 18.5. The van der Waals surface area contributed by atoms with E-state index in [2.05, 4.69) is 4.98 Å². The summed E-state index contributed by atoms with van der Waals surface area (Å²) in [6, 6.07) is 12.7. The smallest absolute Gasteiger partial charge is 0.338 e. The van der Waals surface area contributed by atoms with Crippen molar-refractivity contribution in [1.82, 2.24) is 4.98 Å². The molecule has 6 heteroatoms. The number of fused-ring (bicyclic) bond motifs is 1. The van der Waals surface area contributed by atoms with Crippen LogP contribution in [0.25, 0.3) is 22.4 Å². The summed E-state index contributed by atoms with van der Waals surface area (Å²) in [5.74, 6) is 0.164. The Morgan fingerprint density at radius 2 is 2.08 bits per heavy atom. The monoisotopic (exact) mass is 361 g/mol. The van der Waals surface area contributed by atoms with Gasteiger partial charge >= 0.3 is 5.97 Å². The van der Waals surface area contributed by atoms with Gasteiger partial charge in [0.25, 0.3) is 0 Å². The van der Waals surface area contributed by atoms with Crippen molar-refractivity contribution in [1.29, 1.82) is 0 Å². The van der Waals surface area contributed by atoms with Gasteiger partial charge in [0.15, 0.2) is 5.76 Å². The molecule has 4 nitrogen and oxygen atoms in total. The van der Waals surface area contributed by atoms with Crippen molar-refractivity contribution in [3.05, 3.63) is 54.3 Å². The first-order valence-corrected chi connectivity index (χ1v) is 8.29. The van der Waals surface area contributed by atoms with E-state index in [1.807, 2.05) is 24.3 Å². The van der Waals surface area contributed by atoms with Gasteiger partial charge in [-0.05, 0) is 30.7 Å². The van der Waals surface area contributed by atoms with E-state index in [1.54, 1.807) is 24.5 Å². The van der Waals surface area contributed by atoms with Crippen LogP contribution in [0.5, 0.6) is 0 Å². The lowest BCUT2D eigenvalue weighted by molar-refractivity contribution is 0.0487. The van der Waals surface area contributed by atoms with Crippen molar-refractivity contribution in [2.24, 2.45) is 5.92 Å². The second-order valence-corrected chi connectivity index (χ2v) is 7.35. The van der Waals surface area contributed by atoms with Crippen LogP contribution in [0.4, 0.5) is 0 Å². The zero-order valence-corrected chi connectivity index (χ0v) is 14.1. The molecule has 1 saturated carbocycles. The van der Waals surface area contributed by atoms with Crippen molar-refractivity contribution in [3.63, 3.8) is 0 Å². The third kappa shape index (κ3) is 2.87. The molecule has 0 radical (unpaired) electrons. The number of alkyl halides is 2. The molecule has 1 fully saturated rings. The number of halogens is 2. The van der Waals surface area contributed by atoms with E-state index in [9.17, 15) is 4.79 Å². The molecule has 0 unspecified atom stereocenters. The Morgan fingerprint density at radius 1 is 1.29 bits per heavy atom. The zero-order valence-electron chi connectivity index (χ0n) is 12.5. The number of esters is 1. The van der Waals surface area contributed by atoms with Crippen molar-refractivity contribution in [3.8, 4) is 11.5 Å². The number of para-hydroxylation sites is 1. The number of carbonyl (C=O) groups excluding carboxylic acids is 1. The van der Waals surface area contributed by atoms with Crippen LogP contribution < -0.4 is 0 Å². The van der Waals surface area contributed by atoms with Crippen molar-refractivity contribution >= 4 is 40.1 Å². The highest BCUT2D eigenvalue weighted by Crippen LogP contribution is 2.53. The average molecular weight is 362 g/mol. The van der Waals surface area contributed by atoms with E-state index in [0.717, 1.165) is 5.39 Å². The van der Waals surface area contributed by atoms with E-state index in [1.165, 1.54) is 0 Å². The summed E-state index contributed by atoms with van der Waals surface area (Å²) in [5.41, 5.74) is 1.73. The predicted octanol–water partition coefficient (Wildman–Crippen LogP) is 4.85. The number of hydrogen-bond acceptors (Lipinski definition) is 4. The number of ether oxygens (including phenoxy) is 1. The van der Waals surface area contributed by atoms with Gasteiger partial charge in [0.05, 0.1) is 24.0 Å². The molecular formula is C18H13Cl2NO3. The number of benzene rings is 1. The van der Waals surface area contributed by atoms with E-state index in [4.69, 9.17) is 32.4 Å². The summed E-state index contributed by atoms with van der Waals surface area (Å²) in [5, 5.41) is 0.733. The highest BCUT2D eigenvalue weighted by Gasteiger charge is 2.52. The van der Waals surface area contributed by atoms with Crippen LogP contribution in [-0.2, 0) is 4.74 Å². The van der Waals surface area contributed by atoms with Crippen molar-refractivity contribution < 1.29 is 13.9 Å². The summed E-state index contributed by atoms with van der Waals surface area (Å²) in [7, 11) is 0. The molecule has 24 heavy (non-hydrogen) atoms. The van der Waals surface area contributed by atoms with Crippen LogP contribution in [0, 0.1) is 5.92 Å². The summed E-state index contributed by atoms with van der Waals surface area (Å²) in [6.07, 6.45) is 2.20. The largest absolute Gasteiger partial charge is 0.463 e. The highest BCUT2D eigenvalue weighted by molar-refractivity contribution is 6.50. The topological polar surface area (TPSA) is 52.3 Å². The Morgan fingerprint density at radius 3 is 2.79 bits per heavy atom. The maximum atomic E-state index is 12.6. The number of carbonyl (C=O) groups is 1. The first kappa shape index (κ1) is 15.5. The van der Waals surface area contributed by atoms with Gasteiger partial charge in [-0.2, -0.15) is 0 Å². The van der Waals surface area contributed by atoms with Gasteiger partial charge in [-0.25, -0.2) is 9.78 Å². The second kappa shape index (κ2) is 5.80. The van der Waals surface area contributed by atoms with Gasteiger partial charge < -0.3 is 9.15 Å². The summed E-state index contributed by atoms with van der Waals surface area (Å²) in [4.78, 5) is 17.1. The standard InChI is InChI=1S/C18H13Cl2NO3/c19-18(20)9-11(18)10-24-17(22)13-8-15(16-6-3-7-23-16)21-14-5-2-1-4-12(13)14/h1-8,11H,9-10H2/t11-/m1/s1. The summed E-state index contributed by atoms with van der Waals surface area (Å²) in [6.45, 7) is 0.207. The summed E-state index contributed by atoms with van der Waals surface area (Å²) < 4.78 is 10.0. The Balaban J connectivity index is 1.69. The molecule has 1 aliphatic rings. The maximum absolute atomic E-state index is 12.6. The first-order valence-electron chi connectivity index (χ1n) is 7.53. The van der Waals surface area contributed by atoms with Crippen LogP contribution in [0.15, 0.2) is 53.1 Å². The quantitative estimate of drug-likeness (QED) is 0.492. The Labute approximate surface area is 148 Å². The molecule has 2 heterocycles. The molecule has 0 amide bonds.